The van der Waals surface area contributed by atoms with Crippen molar-refractivity contribution in [3.05, 3.63) is 23.5 Å². The fourth-order valence-corrected chi connectivity index (χ4v) is 2.61. The average Bonchev–Trinajstić information content (AvgIpc) is 3.14. The molecule has 2 aliphatic rings. The number of anilines is 1. The van der Waals surface area contributed by atoms with Crippen molar-refractivity contribution in [3.63, 3.8) is 0 Å². The molecule has 0 radical (unpaired) electrons. The predicted molar refractivity (Wildman–Crippen MR) is 70.6 cm³/mol. The molecule has 0 unspecified atom stereocenters. The standard InChI is InChI=1S/C13H18ClN3/c14-13-9-12(3-4-15-13)17-7-5-16(6-8-17)10-11-1-2-11/h3-4,9,11H,1-2,5-8,10H2. The highest BCUT2D eigenvalue weighted by Crippen LogP contribution is 2.30. The number of rotatable bonds is 3. The summed E-state index contributed by atoms with van der Waals surface area (Å²) in [5.41, 5.74) is 1.20. The number of aromatic nitrogens is 1. The fourth-order valence-electron chi connectivity index (χ4n) is 2.44. The quantitative estimate of drug-likeness (QED) is 0.769. The first-order valence-electron chi connectivity index (χ1n) is 6.40. The Bertz CT molecular complexity index is 384. The molecule has 17 heavy (non-hydrogen) atoms. The van der Waals surface area contributed by atoms with Crippen LogP contribution in [0.2, 0.25) is 5.15 Å². The minimum Gasteiger partial charge on any atom is -0.369 e. The SMILES string of the molecule is Clc1cc(N2CCN(CC3CC3)CC2)ccn1. The molecule has 3 rings (SSSR count). The summed E-state index contributed by atoms with van der Waals surface area (Å²) < 4.78 is 0. The normalized spacial score (nSPS) is 21.8. The number of hydrogen-bond acceptors (Lipinski definition) is 3. The third-order valence-electron chi connectivity index (χ3n) is 3.66. The molecule has 1 aromatic rings. The van der Waals surface area contributed by atoms with E-state index in [1.54, 1.807) is 6.20 Å². The molecule has 0 aromatic carbocycles. The van der Waals surface area contributed by atoms with E-state index < -0.39 is 0 Å². The molecule has 0 amide bonds. The van der Waals surface area contributed by atoms with Gasteiger partial charge in [0.1, 0.15) is 5.15 Å². The van der Waals surface area contributed by atoms with Crippen molar-refractivity contribution < 1.29 is 0 Å². The van der Waals surface area contributed by atoms with Gasteiger partial charge in [0.25, 0.3) is 0 Å². The number of pyridine rings is 1. The summed E-state index contributed by atoms with van der Waals surface area (Å²) in [4.78, 5) is 9.02. The van der Waals surface area contributed by atoms with Gasteiger partial charge in [-0.15, -0.1) is 0 Å². The lowest BCUT2D eigenvalue weighted by atomic mass is 10.2. The maximum absolute atomic E-state index is 5.92. The van der Waals surface area contributed by atoms with Crippen molar-refractivity contribution in [2.75, 3.05) is 37.6 Å². The summed E-state index contributed by atoms with van der Waals surface area (Å²) in [6.45, 7) is 5.87. The molecule has 1 saturated carbocycles. The molecular formula is C13H18ClN3. The molecule has 0 spiro atoms. The van der Waals surface area contributed by atoms with E-state index in [1.165, 1.54) is 38.2 Å². The van der Waals surface area contributed by atoms with Crippen LogP contribution in [-0.4, -0.2) is 42.6 Å². The largest absolute Gasteiger partial charge is 0.369 e. The third kappa shape index (κ3) is 2.90. The Labute approximate surface area is 107 Å². The predicted octanol–water partition coefficient (Wildman–Crippen LogP) is 2.27. The zero-order valence-corrected chi connectivity index (χ0v) is 10.7. The fraction of sp³-hybridized carbons (Fsp3) is 0.615. The highest BCUT2D eigenvalue weighted by Gasteiger charge is 2.26. The molecule has 2 fully saturated rings. The number of halogens is 1. The lowest BCUT2D eigenvalue weighted by Crippen LogP contribution is -2.47. The summed E-state index contributed by atoms with van der Waals surface area (Å²) in [6, 6.07) is 4.00. The van der Waals surface area contributed by atoms with Crippen LogP contribution >= 0.6 is 11.6 Å². The van der Waals surface area contributed by atoms with Gasteiger partial charge in [-0.25, -0.2) is 4.98 Å². The number of piperazine rings is 1. The van der Waals surface area contributed by atoms with E-state index in [0.29, 0.717) is 5.15 Å². The minimum absolute atomic E-state index is 0.586. The van der Waals surface area contributed by atoms with Crippen LogP contribution in [-0.2, 0) is 0 Å². The topological polar surface area (TPSA) is 19.4 Å². The van der Waals surface area contributed by atoms with Gasteiger partial charge in [0.05, 0.1) is 0 Å². The summed E-state index contributed by atoms with van der Waals surface area (Å²) in [5, 5.41) is 0.586. The number of nitrogens with zero attached hydrogens (tertiary/aromatic N) is 3. The van der Waals surface area contributed by atoms with Gasteiger partial charge in [-0.1, -0.05) is 11.6 Å². The van der Waals surface area contributed by atoms with Crippen molar-refractivity contribution in [2.24, 2.45) is 5.92 Å². The lowest BCUT2D eigenvalue weighted by molar-refractivity contribution is 0.248. The second-order valence-electron chi connectivity index (χ2n) is 5.07. The highest BCUT2D eigenvalue weighted by atomic mass is 35.5. The van der Waals surface area contributed by atoms with Gasteiger partial charge in [0.15, 0.2) is 0 Å². The zero-order chi connectivity index (χ0) is 11.7. The van der Waals surface area contributed by atoms with Crippen molar-refractivity contribution in [1.29, 1.82) is 0 Å². The zero-order valence-electron chi connectivity index (χ0n) is 9.98. The summed E-state index contributed by atoms with van der Waals surface area (Å²) in [6.07, 6.45) is 4.68. The van der Waals surface area contributed by atoms with E-state index in [4.69, 9.17) is 11.6 Å². The molecule has 1 aliphatic heterocycles. The van der Waals surface area contributed by atoms with Gasteiger partial charge in [-0.3, -0.25) is 4.90 Å². The average molecular weight is 252 g/mol. The van der Waals surface area contributed by atoms with Crippen LogP contribution in [0.1, 0.15) is 12.8 Å². The Morgan fingerprint density at radius 1 is 1.24 bits per heavy atom. The molecule has 1 saturated heterocycles. The van der Waals surface area contributed by atoms with Crippen molar-refractivity contribution in [1.82, 2.24) is 9.88 Å². The Kier molecular flexibility index (Phi) is 3.21. The van der Waals surface area contributed by atoms with Crippen LogP contribution in [0.25, 0.3) is 0 Å². The smallest absolute Gasteiger partial charge is 0.131 e. The van der Waals surface area contributed by atoms with Gasteiger partial charge in [-0.05, 0) is 30.9 Å². The number of hydrogen-bond donors (Lipinski definition) is 0. The van der Waals surface area contributed by atoms with Gasteiger partial charge >= 0.3 is 0 Å². The van der Waals surface area contributed by atoms with Gasteiger partial charge in [0.2, 0.25) is 0 Å². The first kappa shape index (κ1) is 11.3. The van der Waals surface area contributed by atoms with Crippen LogP contribution in [0.3, 0.4) is 0 Å². The van der Waals surface area contributed by atoms with E-state index >= 15 is 0 Å². The van der Waals surface area contributed by atoms with E-state index in [1.807, 2.05) is 12.1 Å². The molecule has 0 N–H and O–H groups in total. The van der Waals surface area contributed by atoms with Gasteiger partial charge in [0, 0.05) is 44.6 Å². The minimum atomic E-state index is 0.586. The monoisotopic (exact) mass is 251 g/mol. The van der Waals surface area contributed by atoms with E-state index in [2.05, 4.69) is 14.8 Å². The van der Waals surface area contributed by atoms with Crippen molar-refractivity contribution >= 4 is 17.3 Å². The summed E-state index contributed by atoms with van der Waals surface area (Å²) >= 11 is 5.92. The molecule has 0 atom stereocenters. The molecule has 0 bridgehead atoms. The Balaban J connectivity index is 1.56. The second kappa shape index (κ2) is 4.83. The Morgan fingerprint density at radius 3 is 2.65 bits per heavy atom. The van der Waals surface area contributed by atoms with Crippen molar-refractivity contribution in [3.8, 4) is 0 Å². The molecule has 4 heteroatoms. The summed E-state index contributed by atoms with van der Waals surface area (Å²) in [7, 11) is 0. The molecule has 1 aliphatic carbocycles. The van der Waals surface area contributed by atoms with E-state index in [-0.39, 0.29) is 0 Å². The Hall–Kier alpha value is -0.800. The molecule has 3 nitrogen and oxygen atoms in total. The van der Waals surface area contributed by atoms with E-state index in [9.17, 15) is 0 Å². The van der Waals surface area contributed by atoms with Crippen LogP contribution < -0.4 is 4.90 Å². The van der Waals surface area contributed by atoms with Crippen LogP contribution in [0, 0.1) is 5.92 Å². The third-order valence-corrected chi connectivity index (χ3v) is 3.87. The first-order valence-corrected chi connectivity index (χ1v) is 6.78. The van der Waals surface area contributed by atoms with Gasteiger partial charge in [-0.2, -0.15) is 0 Å². The Morgan fingerprint density at radius 2 is 2.00 bits per heavy atom. The molecule has 2 heterocycles. The molecule has 92 valence electrons. The second-order valence-corrected chi connectivity index (χ2v) is 5.46. The molecule has 1 aromatic heterocycles. The van der Waals surface area contributed by atoms with Crippen LogP contribution in [0.4, 0.5) is 5.69 Å². The van der Waals surface area contributed by atoms with Gasteiger partial charge < -0.3 is 4.90 Å². The first-order chi connectivity index (χ1) is 8.31. The maximum atomic E-state index is 5.92. The highest BCUT2D eigenvalue weighted by molar-refractivity contribution is 6.29. The van der Waals surface area contributed by atoms with Crippen molar-refractivity contribution in [2.45, 2.75) is 12.8 Å². The maximum Gasteiger partial charge on any atom is 0.131 e. The lowest BCUT2D eigenvalue weighted by Gasteiger charge is -2.36. The van der Waals surface area contributed by atoms with Crippen LogP contribution in [0.15, 0.2) is 18.3 Å². The van der Waals surface area contributed by atoms with E-state index in [0.717, 1.165) is 19.0 Å². The molecular weight excluding hydrogens is 234 g/mol. The summed E-state index contributed by atoms with van der Waals surface area (Å²) in [5.74, 6) is 0.997. The van der Waals surface area contributed by atoms with Crippen LogP contribution in [0.5, 0.6) is 0 Å².